The number of carbonyl (C=O) groups excluding carboxylic acids is 2. The van der Waals surface area contributed by atoms with Crippen LogP contribution in [-0.4, -0.2) is 57.8 Å². The Morgan fingerprint density at radius 2 is 2.29 bits per heavy atom. The van der Waals surface area contributed by atoms with Crippen molar-refractivity contribution in [2.45, 2.75) is 18.6 Å². The number of hydrogen-bond donors (Lipinski definition) is 1. The molecule has 1 saturated heterocycles. The summed E-state index contributed by atoms with van der Waals surface area (Å²) in [5, 5.41) is 5.69. The summed E-state index contributed by atoms with van der Waals surface area (Å²) in [6.07, 6.45) is -2.62. The topological polar surface area (TPSA) is 80.1 Å². The van der Waals surface area contributed by atoms with Gasteiger partial charge in [0, 0.05) is 26.6 Å². The maximum absolute atomic E-state index is 12.9. The predicted molar refractivity (Wildman–Crippen MR) is 63.9 cm³/mol. The highest BCUT2D eigenvalue weighted by molar-refractivity contribution is 5.89. The first-order valence-electron chi connectivity index (χ1n) is 6.21. The molecular weight excluding hydrogens is 291 g/mol. The largest absolute Gasteiger partial charge is 0.412 e. The molecule has 1 aliphatic heterocycles. The Morgan fingerprint density at radius 3 is 2.76 bits per heavy atom. The molecule has 10 heteroatoms. The maximum atomic E-state index is 12.9. The van der Waals surface area contributed by atoms with Crippen molar-refractivity contribution in [3.05, 3.63) is 12.7 Å². The minimum atomic E-state index is -4.57. The lowest BCUT2D eigenvalue weighted by molar-refractivity contribution is -0.169. The standard InChI is InChI=1S/C11H14F3N5O2/c1-18-4-7(2-9(18)20)10(21)16-3-8(11(12,13)14)19-6-15-5-17-19/h5-8H,2-4H2,1H3,(H,16,21). The lowest BCUT2D eigenvalue weighted by Gasteiger charge is -2.21. The second-order valence-electron chi connectivity index (χ2n) is 4.85. The van der Waals surface area contributed by atoms with Crippen molar-refractivity contribution in [2.75, 3.05) is 20.1 Å². The number of hydrogen-bond acceptors (Lipinski definition) is 4. The molecule has 0 aromatic carbocycles. The van der Waals surface area contributed by atoms with Crippen LogP contribution in [0.1, 0.15) is 12.5 Å². The van der Waals surface area contributed by atoms with E-state index in [2.05, 4.69) is 15.4 Å². The highest BCUT2D eigenvalue weighted by Gasteiger charge is 2.42. The van der Waals surface area contributed by atoms with Crippen LogP contribution >= 0.6 is 0 Å². The Kier molecular flexibility index (Phi) is 4.14. The second-order valence-corrected chi connectivity index (χ2v) is 4.85. The zero-order valence-electron chi connectivity index (χ0n) is 11.2. The molecule has 0 aliphatic carbocycles. The van der Waals surface area contributed by atoms with Crippen LogP contribution in [0.3, 0.4) is 0 Å². The number of aromatic nitrogens is 3. The second kappa shape index (κ2) is 5.70. The highest BCUT2D eigenvalue weighted by atomic mass is 19.4. The zero-order valence-corrected chi connectivity index (χ0v) is 11.2. The molecule has 2 amide bonds. The molecule has 1 aliphatic rings. The molecule has 1 aromatic rings. The third kappa shape index (κ3) is 3.50. The molecule has 2 unspecified atom stereocenters. The predicted octanol–water partition coefficient (Wildman–Crippen LogP) is -0.0240. The summed E-state index contributed by atoms with van der Waals surface area (Å²) in [4.78, 5) is 28.0. The van der Waals surface area contributed by atoms with E-state index < -0.39 is 30.6 Å². The van der Waals surface area contributed by atoms with Gasteiger partial charge in [0.15, 0.2) is 6.04 Å². The molecule has 1 fully saturated rings. The third-order valence-corrected chi connectivity index (χ3v) is 3.32. The summed E-state index contributed by atoms with van der Waals surface area (Å²) in [6.45, 7) is -0.440. The van der Waals surface area contributed by atoms with E-state index in [0.29, 0.717) is 4.68 Å². The van der Waals surface area contributed by atoms with Crippen LogP contribution < -0.4 is 5.32 Å². The summed E-state index contributed by atoms with van der Waals surface area (Å²) in [5.41, 5.74) is 0. The van der Waals surface area contributed by atoms with Gasteiger partial charge in [0.2, 0.25) is 11.8 Å². The zero-order chi connectivity index (χ0) is 15.6. The number of halogens is 3. The average molecular weight is 305 g/mol. The lowest BCUT2D eigenvalue weighted by Crippen LogP contribution is -2.41. The third-order valence-electron chi connectivity index (χ3n) is 3.32. The number of likely N-dealkylation sites (tertiary alicyclic amines) is 1. The van der Waals surface area contributed by atoms with Crippen LogP contribution in [0.15, 0.2) is 12.7 Å². The van der Waals surface area contributed by atoms with Gasteiger partial charge in [0.25, 0.3) is 0 Å². The van der Waals surface area contributed by atoms with Gasteiger partial charge in [0.05, 0.1) is 5.92 Å². The van der Waals surface area contributed by atoms with Crippen molar-refractivity contribution in [1.82, 2.24) is 25.0 Å². The van der Waals surface area contributed by atoms with Crippen molar-refractivity contribution in [3.63, 3.8) is 0 Å². The number of alkyl halides is 3. The van der Waals surface area contributed by atoms with E-state index in [0.717, 1.165) is 12.7 Å². The minimum Gasteiger partial charge on any atom is -0.353 e. The Balaban J connectivity index is 1.96. The molecule has 116 valence electrons. The van der Waals surface area contributed by atoms with E-state index in [1.165, 1.54) is 4.90 Å². The molecule has 21 heavy (non-hydrogen) atoms. The number of rotatable bonds is 4. The van der Waals surface area contributed by atoms with Gasteiger partial charge < -0.3 is 10.2 Å². The van der Waals surface area contributed by atoms with Gasteiger partial charge in [-0.3, -0.25) is 9.59 Å². The van der Waals surface area contributed by atoms with Gasteiger partial charge in [-0.15, -0.1) is 0 Å². The normalized spacial score (nSPS) is 20.7. The van der Waals surface area contributed by atoms with Gasteiger partial charge in [0.1, 0.15) is 12.7 Å². The fraction of sp³-hybridized carbons (Fsp3) is 0.636. The first-order chi connectivity index (χ1) is 9.79. The maximum Gasteiger partial charge on any atom is 0.412 e. The first kappa shape index (κ1) is 15.3. The molecule has 0 bridgehead atoms. The Bertz CT molecular complexity index is 516. The van der Waals surface area contributed by atoms with Crippen molar-refractivity contribution in [2.24, 2.45) is 5.92 Å². The molecular formula is C11H14F3N5O2. The van der Waals surface area contributed by atoms with E-state index in [9.17, 15) is 22.8 Å². The fourth-order valence-corrected chi connectivity index (χ4v) is 2.12. The molecule has 7 nitrogen and oxygen atoms in total. The molecule has 0 spiro atoms. The van der Waals surface area contributed by atoms with E-state index in [1.807, 2.05) is 0 Å². The molecule has 1 aromatic heterocycles. The molecule has 0 saturated carbocycles. The van der Waals surface area contributed by atoms with Crippen molar-refractivity contribution in [3.8, 4) is 0 Å². The van der Waals surface area contributed by atoms with Crippen molar-refractivity contribution >= 4 is 11.8 Å². The Labute approximate surface area is 118 Å². The van der Waals surface area contributed by atoms with E-state index in [-0.39, 0.29) is 18.9 Å². The summed E-state index contributed by atoms with van der Waals surface area (Å²) in [5.74, 6) is -1.38. The van der Waals surface area contributed by atoms with Crippen LogP contribution in [0.2, 0.25) is 0 Å². The monoisotopic (exact) mass is 305 g/mol. The van der Waals surface area contributed by atoms with Gasteiger partial charge in [-0.2, -0.15) is 18.3 Å². The molecule has 0 radical (unpaired) electrons. The first-order valence-corrected chi connectivity index (χ1v) is 6.21. The van der Waals surface area contributed by atoms with Gasteiger partial charge in [-0.1, -0.05) is 0 Å². The SMILES string of the molecule is CN1CC(C(=O)NCC(n2cncn2)C(F)(F)F)CC1=O. The van der Waals surface area contributed by atoms with Gasteiger partial charge in [-0.05, 0) is 0 Å². The summed E-state index contributed by atoms with van der Waals surface area (Å²) in [7, 11) is 1.55. The molecule has 1 N–H and O–H groups in total. The van der Waals surface area contributed by atoms with Crippen LogP contribution in [0, 0.1) is 5.92 Å². The quantitative estimate of drug-likeness (QED) is 0.847. The van der Waals surface area contributed by atoms with Crippen molar-refractivity contribution in [1.29, 1.82) is 0 Å². The smallest absolute Gasteiger partial charge is 0.353 e. The van der Waals surface area contributed by atoms with Crippen LogP contribution in [0.4, 0.5) is 13.2 Å². The highest BCUT2D eigenvalue weighted by Crippen LogP contribution is 2.29. The van der Waals surface area contributed by atoms with E-state index in [1.54, 1.807) is 7.05 Å². The number of amides is 2. The number of nitrogens with one attached hydrogen (secondary N) is 1. The minimum absolute atomic E-state index is 0.0162. The molecule has 2 heterocycles. The van der Waals surface area contributed by atoms with Gasteiger partial charge in [-0.25, -0.2) is 9.67 Å². The number of nitrogens with zero attached hydrogens (tertiary/aromatic N) is 4. The van der Waals surface area contributed by atoms with E-state index in [4.69, 9.17) is 0 Å². The van der Waals surface area contributed by atoms with Crippen LogP contribution in [-0.2, 0) is 9.59 Å². The molecule has 2 rings (SSSR count). The summed E-state index contributed by atoms with van der Waals surface area (Å²) in [6, 6.07) is -1.99. The van der Waals surface area contributed by atoms with Crippen LogP contribution in [0.25, 0.3) is 0 Å². The summed E-state index contributed by atoms with van der Waals surface area (Å²) >= 11 is 0. The number of carbonyl (C=O) groups is 2. The average Bonchev–Trinajstić information content (AvgIpc) is 2.99. The Morgan fingerprint density at radius 1 is 1.57 bits per heavy atom. The molecule has 2 atom stereocenters. The summed E-state index contributed by atoms with van der Waals surface area (Å²) < 4.78 is 39.4. The van der Waals surface area contributed by atoms with Crippen molar-refractivity contribution < 1.29 is 22.8 Å². The fourth-order valence-electron chi connectivity index (χ4n) is 2.12. The van der Waals surface area contributed by atoms with E-state index >= 15 is 0 Å². The lowest BCUT2D eigenvalue weighted by atomic mass is 10.1. The van der Waals surface area contributed by atoms with Gasteiger partial charge >= 0.3 is 6.18 Å². The Hall–Kier alpha value is -2.13. The van der Waals surface area contributed by atoms with Crippen LogP contribution in [0.5, 0.6) is 0 Å².